The molecule has 3 heteroatoms. The Bertz CT molecular complexity index is 254. The topological polar surface area (TPSA) is 52.3 Å². The molecule has 0 radical (unpaired) electrons. The fraction of sp³-hybridized carbons (Fsp3) is 0.923. The summed E-state index contributed by atoms with van der Waals surface area (Å²) in [5.41, 5.74) is 5.92. The first kappa shape index (κ1) is 11.9. The first-order chi connectivity index (χ1) is 7.68. The Balaban J connectivity index is 1.86. The number of carbonyl (C=O) groups excluding carboxylic acids is 1. The number of rotatable bonds is 2. The molecule has 0 aromatic rings. The normalized spacial score (nSPS) is 39.6. The van der Waals surface area contributed by atoms with Crippen LogP contribution in [-0.2, 0) is 9.53 Å². The lowest BCUT2D eigenvalue weighted by Crippen LogP contribution is -2.36. The van der Waals surface area contributed by atoms with E-state index in [-0.39, 0.29) is 24.0 Å². The van der Waals surface area contributed by atoms with Gasteiger partial charge in [-0.25, -0.2) is 0 Å². The highest BCUT2D eigenvalue weighted by molar-refractivity contribution is 5.73. The minimum atomic E-state index is -0.0382. The number of esters is 1. The van der Waals surface area contributed by atoms with Gasteiger partial charge in [-0.3, -0.25) is 4.79 Å². The molecule has 0 amide bonds. The molecule has 16 heavy (non-hydrogen) atoms. The van der Waals surface area contributed by atoms with Crippen LogP contribution in [0.2, 0.25) is 0 Å². The van der Waals surface area contributed by atoms with Crippen molar-refractivity contribution in [1.29, 1.82) is 0 Å². The Morgan fingerprint density at radius 2 is 1.88 bits per heavy atom. The molecule has 0 bridgehead atoms. The van der Waals surface area contributed by atoms with Crippen LogP contribution in [0.25, 0.3) is 0 Å². The summed E-state index contributed by atoms with van der Waals surface area (Å²) >= 11 is 0. The summed E-state index contributed by atoms with van der Waals surface area (Å²) in [6.07, 6.45) is 7.80. The molecule has 0 saturated heterocycles. The third-order valence-corrected chi connectivity index (χ3v) is 4.17. The van der Waals surface area contributed by atoms with Gasteiger partial charge in [0.05, 0.1) is 5.92 Å². The monoisotopic (exact) mass is 225 g/mol. The molecule has 2 saturated carbocycles. The van der Waals surface area contributed by atoms with Crippen LogP contribution in [0.3, 0.4) is 0 Å². The summed E-state index contributed by atoms with van der Waals surface area (Å²) in [7, 11) is 0. The van der Waals surface area contributed by atoms with Crippen molar-refractivity contribution in [3.8, 4) is 0 Å². The lowest BCUT2D eigenvalue weighted by atomic mass is 9.88. The standard InChI is InChI=1S/C13H23NO2/c1-9-5-2-3-8-12(9)16-13(15)10-6-4-7-11(10)14/h9-12H,2-8,14H2,1H3. The van der Waals surface area contributed by atoms with Crippen LogP contribution in [0.15, 0.2) is 0 Å². The maximum absolute atomic E-state index is 12.0. The summed E-state index contributed by atoms with van der Waals surface area (Å²) in [5.74, 6) is 0.452. The van der Waals surface area contributed by atoms with Gasteiger partial charge in [-0.15, -0.1) is 0 Å². The Labute approximate surface area is 97.7 Å². The van der Waals surface area contributed by atoms with Crippen LogP contribution in [0, 0.1) is 11.8 Å². The average Bonchev–Trinajstić information content (AvgIpc) is 2.68. The molecule has 2 rings (SSSR count). The van der Waals surface area contributed by atoms with E-state index in [2.05, 4.69) is 6.92 Å². The van der Waals surface area contributed by atoms with Crippen molar-refractivity contribution in [2.75, 3.05) is 0 Å². The first-order valence-electron chi connectivity index (χ1n) is 6.64. The second-order valence-electron chi connectivity index (χ2n) is 5.44. The molecule has 2 fully saturated rings. The third kappa shape index (κ3) is 2.57. The van der Waals surface area contributed by atoms with Crippen molar-refractivity contribution in [2.45, 2.75) is 64.0 Å². The van der Waals surface area contributed by atoms with Crippen molar-refractivity contribution < 1.29 is 9.53 Å². The van der Waals surface area contributed by atoms with Crippen molar-refractivity contribution in [1.82, 2.24) is 0 Å². The number of hydrogen-bond donors (Lipinski definition) is 1. The zero-order valence-electron chi connectivity index (χ0n) is 10.2. The van der Waals surface area contributed by atoms with Gasteiger partial charge in [-0.1, -0.05) is 19.8 Å². The van der Waals surface area contributed by atoms with Gasteiger partial charge in [0.1, 0.15) is 6.10 Å². The van der Waals surface area contributed by atoms with E-state index in [1.165, 1.54) is 19.3 Å². The minimum Gasteiger partial charge on any atom is -0.462 e. The van der Waals surface area contributed by atoms with E-state index in [0.29, 0.717) is 5.92 Å². The zero-order chi connectivity index (χ0) is 11.5. The molecule has 2 N–H and O–H groups in total. The third-order valence-electron chi connectivity index (χ3n) is 4.17. The molecular formula is C13H23NO2. The van der Waals surface area contributed by atoms with Gasteiger partial charge in [0.15, 0.2) is 0 Å². The quantitative estimate of drug-likeness (QED) is 0.733. The van der Waals surface area contributed by atoms with E-state index in [4.69, 9.17) is 10.5 Å². The molecule has 0 spiro atoms. The highest BCUT2D eigenvalue weighted by Gasteiger charge is 2.34. The number of hydrogen-bond acceptors (Lipinski definition) is 3. The summed E-state index contributed by atoms with van der Waals surface area (Å²) in [6.45, 7) is 2.19. The number of nitrogens with two attached hydrogens (primary N) is 1. The maximum atomic E-state index is 12.0. The lowest BCUT2D eigenvalue weighted by Gasteiger charge is -2.29. The second-order valence-corrected chi connectivity index (χ2v) is 5.44. The van der Waals surface area contributed by atoms with Crippen LogP contribution < -0.4 is 5.73 Å². The van der Waals surface area contributed by atoms with E-state index in [0.717, 1.165) is 25.7 Å². The first-order valence-corrected chi connectivity index (χ1v) is 6.64. The van der Waals surface area contributed by atoms with Crippen LogP contribution in [-0.4, -0.2) is 18.1 Å². The summed E-state index contributed by atoms with van der Waals surface area (Å²) < 4.78 is 5.64. The van der Waals surface area contributed by atoms with E-state index >= 15 is 0 Å². The zero-order valence-corrected chi connectivity index (χ0v) is 10.2. The summed E-state index contributed by atoms with van der Waals surface area (Å²) in [4.78, 5) is 12.0. The Morgan fingerprint density at radius 1 is 1.12 bits per heavy atom. The van der Waals surface area contributed by atoms with E-state index < -0.39 is 0 Å². The van der Waals surface area contributed by atoms with Crippen LogP contribution in [0.4, 0.5) is 0 Å². The minimum absolute atomic E-state index is 0.0332. The fourth-order valence-electron chi connectivity index (χ4n) is 2.98. The average molecular weight is 225 g/mol. The van der Waals surface area contributed by atoms with Crippen molar-refractivity contribution in [3.63, 3.8) is 0 Å². The predicted molar refractivity (Wildman–Crippen MR) is 62.8 cm³/mol. The van der Waals surface area contributed by atoms with Gasteiger partial charge in [0.2, 0.25) is 0 Å². The van der Waals surface area contributed by atoms with Gasteiger partial charge < -0.3 is 10.5 Å². The largest absolute Gasteiger partial charge is 0.462 e. The predicted octanol–water partition coefficient (Wildman–Crippen LogP) is 2.24. The van der Waals surface area contributed by atoms with Crippen LogP contribution in [0.5, 0.6) is 0 Å². The molecule has 2 aliphatic carbocycles. The van der Waals surface area contributed by atoms with Gasteiger partial charge >= 0.3 is 5.97 Å². The lowest BCUT2D eigenvalue weighted by molar-refractivity contribution is -0.158. The van der Waals surface area contributed by atoms with Crippen LogP contribution in [0.1, 0.15) is 51.9 Å². The molecule has 2 aliphatic rings. The molecule has 4 unspecified atom stereocenters. The van der Waals surface area contributed by atoms with E-state index in [9.17, 15) is 4.79 Å². The molecule has 92 valence electrons. The fourth-order valence-corrected chi connectivity index (χ4v) is 2.98. The smallest absolute Gasteiger partial charge is 0.310 e. The maximum Gasteiger partial charge on any atom is 0.310 e. The van der Waals surface area contributed by atoms with Gasteiger partial charge in [-0.05, 0) is 38.0 Å². The van der Waals surface area contributed by atoms with Crippen molar-refractivity contribution in [3.05, 3.63) is 0 Å². The summed E-state index contributed by atoms with van der Waals surface area (Å²) in [5, 5.41) is 0. The molecule has 3 nitrogen and oxygen atoms in total. The molecule has 0 aromatic heterocycles. The van der Waals surface area contributed by atoms with Gasteiger partial charge in [-0.2, -0.15) is 0 Å². The van der Waals surface area contributed by atoms with Crippen LogP contribution >= 0.6 is 0 Å². The molecule has 4 atom stereocenters. The van der Waals surface area contributed by atoms with E-state index in [1.54, 1.807) is 0 Å². The molecule has 0 aromatic carbocycles. The highest BCUT2D eigenvalue weighted by atomic mass is 16.5. The molecular weight excluding hydrogens is 202 g/mol. The van der Waals surface area contributed by atoms with Crippen molar-refractivity contribution in [2.24, 2.45) is 17.6 Å². The summed E-state index contributed by atoms with van der Waals surface area (Å²) in [6, 6.07) is 0.0337. The number of ether oxygens (including phenoxy) is 1. The highest BCUT2D eigenvalue weighted by Crippen LogP contribution is 2.30. The Morgan fingerprint density at radius 3 is 2.50 bits per heavy atom. The SMILES string of the molecule is CC1CCCCC1OC(=O)C1CCCC1N. The van der Waals surface area contributed by atoms with Gasteiger partial charge in [0, 0.05) is 6.04 Å². The van der Waals surface area contributed by atoms with Gasteiger partial charge in [0.25, 0.3) is 0 Å². The van der Waals surface area contributed by atoms with E-state index in [1.807, 2.05) is 0 Å². The molecule has 0 heterocycles. The Kier molecular flexibility index (Phi) is 3.85. The Hall–Kier alpha value is -0.570. The van der Waals surface area contributed by atoms with Crippen molar-refractivity contribution >= 4 is 5.97 Å². The second kappa shape index (κ2) is 5.17. The number of carbonyl (C=O) groups is 1. The molecule has 0 aliphatic heterocycles.